The molecule has 0 atom stereocenters. The van der Waals surface area contributed by atoms with Crippen molar-refractivity contribution in [2.45, 2.75) is 13.0 Å². The number of pyridine rings is 1. The van der Waals surface area contributed by atoms with E-state index in [9.17, 15) is 4.79 Å². The molecule has 1 aliphatic heterocycles. The van der Waals surface area contributed by atoms with Crippen molar-refractivity contribution in [2.75, 3.05) is 14.2 Å². The molecular formula is C22H21N2O7S+. The quantitative estimate of drug-likeness (QED) is 0.240. The van der Waals surface area contributed by atoms with Crippen molar-refractivity contribution in [2.24, 2.45) is 0 Å². The number of carbonyl (C=O) groups excluding carboxylic acids is 1. The number of carbonyl (C=O) groups is 1. The summed E-state index contributed by atoms with van der Waals surface area (Å²) in [6, 6.07) is 14.0. The third-order valence-corrected chi connectivity index (χ3v) is 5.40. The summed E-state index contributed by atoms with van der Waals surface area (Å²) in [7, 11) is -1.58. The number of methoxy groups -OCH3 is 2. The molecule has 1 aliphatic rings. The minimum atomic E-state index is -4.67. The lowest BCUT2D eigenvalue weighted by atomic mass is 9.98. The maximum atomic E-state index is 12.2. The first-order valence-corrected chi connectivity index (χ1v) is 11.0. The first kappa shape index (κ1) is 21.8. The van der Waals surface area contributed by atoms with E-state index >= 15 is 0 Å². The summed E-state index contributed by atoms with van der Waals surface area (Å²) in [5.74, 6) is 0.517. The second kappa shape index (κ2) is 8.23. The van der Waals surface area contributed by atoms with E-state index in [1.807, 2.05) is 30.3 Å². The van der Waals surface area contributed by atoms with Gasteiger partial charge in [0.15, 0.2) is 12.7 Å². The highest BCUT2D eigenvalue weighted by molar-refractivity contribution is 7.79. The summed E-state index contributed by atoms with van der Waals surface area (Å²) in [4.78, 5) is 15.8. The fraction of sp³-hybridized carbons (Fsp3) is 0.182. The van der Waals surface area contributed by atoms with Crippen LogP contribution in [0.25, 0.3) is 33.1 Å². The summed E-state index contributed by atoms with van der Waals surface area (Å²) in [6.07, 6.45) is 3.08. The fourth-order valence-electron chi connectivity index (χ4n) is 4.07. The molecule has 2 aromatic carbocycles. The van der Waals surface area contributed by atoms with Crippen molar-refractivity contribution in [3.8, 4) is 17.1 Å². The van der Waals surface area contributed by atoms with Crippen LogP contribution < -0.4 is 9.30 Å². The zero-order chi connectivity index (χ0) is 23.0. The second-order valence-corrected chi connectivity index (χ2v) is 8.14. The minimum Gasteiger partial charge on any atom is -0.497 e. The number of ether oxygens (including phenoxy) is 2. The number of aromatic nitrogens is 2. The van der Waals surface area contributed by atoms with E-state index in [-0.39, 0.29) is 5.97 Å². The summed E-state index contributed by atoms with van der Waals surface area (Å²) < 4.78 is 44.2. The molecule has 2 aromatic heterocycles. The molecule has 5 rings (SSSR count). The molecule has 166 valence electrons. The van der Waals surface area contributed by atoms with Gasteiger partial charge in [0, 0.05) is 34.7 Å². The number of esters is 1. The largest absolute Gasteiger partial charge is 0.497 e. The van der Waals surface area contributed by atoms with Crippen LogP contribution >= 0.6 is 0 Å². The monoisotopic (exact) mass is 457 g/mol. The Hall–Kier alpha value is -3.47. The van der Waals surface area contributed by atoms with Crippen molar-refractivity contribution in [3.63, 3.8) is 0 Å². The molecule has 10 heteroatoms. The number of benzene rings is 2. The Morgan fingerprint density at radius 1 is 1.09 bits per heavy atom. The molecular weight excluding hydrogens is 436 g/mol. The molecule has 0 saturated carbocycles. The molecule has 3 N–H and O–H groups in total. The first-order chi connectivity index (χ1) is 15.2. The maximum absolute atomic E-state index is 12.2. The highest BCUT2D eigenvalue weighted by Gasteiger charge is 2.28. The van der Waals surface area contributed by atoms with Gasteiger partial charge in [-0.25, -0.2) is 4.79 Å². The molecule has 0 saturated heterocycles. The lowest BCUT2D eigenvalue weighted by Gasteiger charge is -2.13. The number of hydrogen-bond acceptors (Lipinski definition) is 5. The molecule has 0 fully saturated rings. The van der Waals surface area contributed by atoms with E-state index in [1.165, 1.54) is 18.1 Å². The predicted octanol–water partition coefficient (Wildman–Crippen LogP) is 2.97. The highest BCUT2D eigenvalue weighted by Crippen LogP contribution is 2.35. The van der Waals surface area contributed by atoms with Gasteiger partial charge in [-0.2, -0.15) is 13.0 Å². The number of fused-ring (bicyclic) bond motifs is 6. The number of H-pyrrole nitrogens is 1. The number of hydrogen-bond donors (Lipinski definition) is 3. The molecule has 9 nitrogen and oxygen atoms in total. The first-order valence-electron chi connectivity index (χ1n) is 9.63. The Morgan fingerprint density at radius 2 is 1.84 bits per heavy atom. The molecule has 4 aromatic rings. The third-order valence-electron chi connectivity index (χ3n) is 5.40. The molecule has 0 radical (unpaired) electrons. The van der Waals surface area contributed by atoms with Gasteiger partial charge < -0.3 is 14.5 Å². The number of aromatic amines is 1. The molecule has 0 aliphatic carbocycles. The number of rotatable bonds is 2. The van der Waals surface area contributed by atoms with Gasteiger partial charge in [-0.15, -0.1) is 0 Å². The topological polar surface area (TPSA) is 130 Å². The van der Waals surface area contributed by atoms with Crippen LogP contribution in [0.2, 0.25) is 0 Å². The smallest absolute Gasteiger partial charge is 0.394 e. The van der Waals surface area contributed by atoms with Crippen LogP contribution in [0.15, 0.2) is 48.7 Å². The summed E-state index contributed by atoms with van der Waals surface area (Å²) in [5.41, 5.74) is 5.14. The van der Waals surface area contributed by atoms with Gasteiger partial charge >= 0.3 is 16.4 Å². The van der Waals surface area contributed by atoms with Gasteiger partial charge in [-0.3, -0.25) is 9.11 Å². The summed E-state index contributed by atoms with van der Waals surface area (Å²) in [6.45, 7) is 0.902. The van der Waals surface area contributed by atoms with Crippen molar-refractivity contribution < 1.29 is 36.4 Å². The Kier molecular flexibility index (Phi) is 5.59. The van der Waals surface area contributed by atoms with Gasteiger partial charge in [0.2, 0.25) is 5.69 Å². The van der Waals surface area contributed by atoms with Crippen LogP contribution in [0.1, 0.15) is 15.9 Å². The van der Waals surface area contributed by atoms with E-state index in [4.69, 9.17) is 27.0 Å². The Morgan fingerprint density at radius 3 is 2.53 bits per heavy atom. The maximum Gasteiger partial charge on any atom is 0.394 e. The van der Waals surface area contributed by atoms with Crippen molar-refractivity contribution in [3.05, 3.63) is 59.8 Å². The summed E-state index contributed by atoms with van der Waals surface area (Å²) in [5, 5.41) is 3.15. The van der Waals surface area contributed by atoms with Crippen molar-refractivity contribution >= 4 is 38.0 Å². The van der Waals surface area contributed by atoms with Crippen LogP contribution in [0, 0.1) is 0 Å². The van der Waals surface area contributed by atoms with Crippen LogP contribution in [0.3, 0.4) is 0 Å². The average molecular weight is 457 g/mol. The minimum absolute atomic E-state index is 0.317. The zero-order valence-electron chi connectivity index (χ0n) is 17.3. The van der Waals surface area contributed by atoms with Crippen LogP contribution in [-0.2, 0) is 28.1 Å². The highest BCUT2D eigenvalue weighted by atomic mass is 32.3. The predicted molar refractivity (Wildman–Crippen MR) is 117 cm³/mol. The van der Waals surface area contributed by atoms with E-state index in [0.29, 0.717) is 5.56 Å². The molecule has 0 spiro atoms. The van der Waals surface area contributed by atoms with Crippen molar-refractivity contribution in [1.82, 2.24) is 4.98 Å². The van der Waals surface area contributed by atoms with E-state index in [1.54, 1.807) is 7.11 Å². The summed E-state index contributed by atoms with van der Waals surface area (Å²) >= 11 is 0. The van der Waals surface area contributed by atoms with E-state index < -0.39 is 10.4 Å². The van der Waals surface area contributed by atoms with Crippen LogP contribution in [-0.4, -0.2) is 42.7 Å². The lowest BCUT2D eigenvalue weighted by Crippen LogP contribution is -2.40. The zero-order valence-corrected chi connectivity index (χ0v) is 18.1. The number of aryl methyl sites for hydroxylation is 2. The number of nitrogens with one attached hydrogen (secondary N) is 1. The Bertz CT molecular complexity index is 1450. The fourth-order valence-corrected chi connectivity index (χ4v) is 4.07. The van der Waals surface area contributed by atoms with Gasteiger partial charge in [-0.05, 0) is 29.8 Å². The Labute approximate surface area is 183 Å². The molecule has 0 unspecified atom stereocenters. The normalized spacial score (nSPS) is 12.5. The van der Waals surface area contributed by atoms with E-state index in [2.05, 4.69) is 27.9 Å². The molecule has 32 heavy (non-hydrogen) atoms. The van der Waals surface area contributed by atoms with Gasteiger partial charge in [0.25, 0.3) is 0 Å². The van der Waals surface area contributed by atoms with Gasteiger partial charge in [0.1, 0.15) is 11.4 Å². The number of nitrogens with zero attached hydrogens (tertiary/aromatic N) is 1. The van der Waals surface area contributed by atoms with Gasteiger partial charge in [-0.1, -0.05) is 6.07 Å². The third kappa shape index (κ3) is 4.15. The van der Waals surface area contributed by atoms with Gasteiger partial charge in [0.05, 0.1) is 25.3 Å². The Balaban J connectivity index is 0.000000444. The second-order valence-electron chi connectivity index (χ2n) is 7.24. The molecule has 0 amide bonds. The SMILES string of the molecule is COC(=O)c1cccc2c[n+]3c(cc12)-c1[nH]c2cc(OC)ccc2c1CC3.O=S(=O)(O)O. The average Bonchev–Trinajstić information content (AvgIpc) is 3.13. The molecule has 3 heterocycles. The van der Waals surface area contributed by atoms with Crippen LogP contribution in [0.5, 0.6) is 5.75 Å². The van der Waals surface area contributed by atoms with Crippen molar-refractivity contribution in [1.29, 1.82) is 0 Å². The van der Waals surface area contributed by atoms with E-state index in [0.717, 1.165) is 46.4 Å². The standard InChI is InChI=1S/C22H18N2O3.H2O4S/c1-26-14-6-7-15-16-8-9-24-12-13-4-3-5-17(22(25)27-2)18(13)11-20(24)21(16)23-19(15)10-14;1-5(2,3)4/h3-7,10-12H,8-9H2,1-2H3;(H2,1,2,3,4)/p+1. The lowest BCUT2D eigenvalue weighted by molar-refractivity contribution is -0.686. The molecule has 0 bridgehead atoms. The van der Waals surface area contributed by atoms with Crippen LogP contribution in [0.4, 0.5) is 0 Å².